The predicted octanol–water partition coefficient (Wildman–Crippen LogP) is 4.40. The number of benzene rings is 2. The SMILES string of the molecule is Cc1ccc(N2C[C@H](C(=O)Nc3ccc(Br)cc3Cl)CC2=O)cc1. The van der Waals surface area contributed by atoms with Crippen LogP contribution in [0.3, 0.4) is 0 Å². The molecule has 24 heavy (non-hydrogen) atoms. The Balaban J connectivity index is 1.70. The van der Waals surface area contributed by atoms with Crippen LogP contribution in [0.25, 0.3) is 0 Å². The van der Waals surface area contributed by atoms with E-state index in [2.05, 4.69) is 21.2 Å². The van der Waals surface area contributed by atoms with E-state index in [1.807, 2.05) is 31.2 Å². The van der Waals surface area contributed by atoms with Crippen LogP contribution < -0.4 is 10.2 Å². The lowest BCUT2D eigenvalue weighted by atomic mass is 10.1. The van der Waals surface area contributed by atoms with Crippen LogP contribution >= 0.6 is 27.5 Å². The summed E-state index contributed by atoms with van der Waals surface area (Å²) in [6, 6.07) is 13.0. The Kier molecular flexibility index (Phi) is 4.92. The quantitative estimate of drug-likeness (QED) is 0.819. The number of anilines is 2. The number of carbonyl (C=O) groups excluding carboxylic acids is 2. The van der Waals surface area contributed by atoms with Gasteiger partial charge in [0.05, 0.1) is 16.6 Å². The lowest BCUT2D eigenvalue weighted by Gasteiger charge is -2.17. The minimum atomic E-state index is -0.390. The lowest BCUT2D eigenvalue weighted by molar-refractivity contribution is -0.122. The van der Waals surface area contributed by atoms with Crippen molar-refractivity contribution < 1.29 is 9.59 Å². The van der Waals surface area contributed by atoms with Crippen LogP contribution in [0.2, 0.25) is 5.02 Å². The van der Waals surface area contributed by atoms with Crippen molar-refractivity contribution >= 4 is 50.7 Å². The highest BCUT2D eigenvalue weighted by Crippen LogP contribution is 2.29. The summed E-state index contributed by atoms with van der Waals surface area (Å²) in [4.78, 5) is 26.4. The number of hydrogen-bond acceptors (Lipinski definition) is 2. The summed E-state index contributed by atoms with van der Waals surface area (Å²) in [5.74, 6) is -0.624. The second-order valence-electron chi connectivity index (χ2n) is 5.85. The summed E-state index contributed by atoms with van der Waals surface area (Å²) in [7, 11) is 0. The van der Waals surface area contributed by atoms with Gasteiger partial charge in [-0.3, -0.25) is 9.59 Å². The second-order valence-corrected chi connectivity index (χ2v) is 7.18. The molecule has 1 atom stereocenters. The summed E-state index contributed by atoms with van der Waals surface area (Å²) >= 11 is 9.45. The summed E-state index contributed by atoms with van der Waals surface area (Å²) in [5, 5.41) is 3.27. The highest BCUT2D eigenvalue weighted by atomic mass is 79.9. The van der Waals surface area contributed by atoms with Gasteiger partial charge in [0.2, 0.25) is 11.8 Å². The molecule has 4 nitrogen and oxygen atoms in total. The molecule has 6 heteroatoms. The van der Waals surface area contributed by atoms with E-state index in [0.717, 1.165) is 15.7 Å². The molecule has 1 N–H and O–H groups in total. The molecule has 2 aromatic rings. The van der Waals surface area contributed by atoms with Crippen LogP contribution in [0.4, 0.5) is 11.4 Å². The van der Waals surface area contributed by atoms with Gasteiger partial charge in [0.15, 0.2) is 0 Å². The molecule has 1 fully saturated rings. The second kappa shape index (κ2) is 6.95. The van der Waals surface area contributed by atoms with Crippen LogP contribution in [0.1, 0.15) is 12.0 Å². The highest BCUT2D eigenvalue weighted by molar-refractivity contribution is 9.10. The molecule has 0 radical (unpaired) electrons. The zero-order valence-corrected chi connectivity index (χ0v) is 15.4. The van der Waals surface area contributed by atoms with Gasteiger partial charge in [-0.2, -0.15) is 0 Å². The maximum Gasteiger partial charge on any atom is 0.229 e. The van der Waals surface area contributed by atoms with Crippen LogP contribution in [-0.4, -0.2) is 18.4 Å². The van der Waals surface area contributed by atoms with Gasteiger partial charge in [-0.25, -0.2) is 0 Å². The van der Waals surface area contributed by atoms with Crippen LogP contribution in [0.15, 0.2) is 46.9 Å². The molecule has 1 aliphatic rings. The molecule has 1 aliphatic heterocycles. The number of nitrogens with one attached hydrogen (secondary N) is 1. The standard InChI is InChI=1S/C18H16BrClN2O2/c1-11-2-5-14(6-3-11)22-10-12(8-17(22)23)18(24)21-16-7-4-13(19)9-15(16)20/h2-7,9,12H,8,10H2,1H3,(H,21,24)/t12-/m1/s1. The fraction of sp³-hybridized carbons (Fsp3) is 0.222. The van der Waals surface area contributed by atoms with Crippen molar-refractivity contribution in [3.8, 4) is 0 Å². The van der Waals surface area contributed by atoms with Crippen molar-refractivity contribution in [2.45, 2.75) is 13.3 Å². The van der Waals surface area contributed by atoms with E-state index >= 15 is 0 Å². The first-order valence-electron chi connectivity index (χ1n) is 7.57. The van der Waals surface area contributed by atoms with Crippen LogP contribution in [-0.2, 0) is 9.59 Å². The van der Waals surface area contributed by atoms with Gasteiger partial charge in [-0.1, -0.05) is 45.2 Å². The number of halogens is 2. The zero-order valence-electron chi connectivity index (χ0n) is 13.1. The van der Waals surface area contributed by atoms with E-state index < -0.39 is 5.92 Å². The van der Waals surface area contributed by atoms with Crippen LogP contribution in [0, 0.1) is 12.8 Å². The summed E-state index contributed by atoms with van der Waals surface area (Å²) < 4.78 is 0.840. The lowest BCUT2D eigenvalue weighted by Crippen LogP contribution is -2.28. The van der Waals surface area contributed by atoms with Gasteiger partial charge in [0.1, 0.15) is 0 Å². The minimum absolute atomic E-state index is 0.0408. The minimum Gasteiger partial charge on any atom is -0.324 e. The fourth-order valence-electron chi connectivity index (χ4n) is 2.68. The van der Waals surface area contributed by atoms with Crippen molar-refractivity contribution in [1.82, 2.24) is 0 Å². The average Bonchev–Trinajstić information content (AvgIpc) is 2.93. The molecule has 124 valence electrons. The van der Waals surface area contributed by atoms with E-state index in [-0.39, 0.29) is 18.2 Å². The Morgan fingerprint density at radius 3 is 2.62 bits per heavy atom. The van der Waals surface area contributed by atoms with Gasteiger partial charge in [0, 0.05) is 23.1 Å². The Morgan fingerprint density at radius 2 is 1.96 bits per heavy atom. The maximum atomic E-state index is 12.5. The first kappa shape index (κ1) is 17.0. The van der Waals surface area contributed by atoms with Crippen molar-refractivity contribution in [3.05, 3.63) is 57.5 Å². The number of rotatable bonds is 3. The highest BCUT2D eigenvalue weighted by Gasteiger charge is 2.35. The molecule has 2 amide bonds. The topological polar surface area (TPSA) is 49.4 Å². The molecule has 3 rings (SSSR count). The molecule has 0 aromatic heterocycles. The van der Waals surface area contributed by atoms with E-state index in [9.17, 15) is 9.59 Å². The first-order chi connectivity index (χ1) is 11.4. The monoisotopic (exact) mass is 406 g/mol. The Bertz CT molecular complexity index is 792. The van der Waals surface area contributed by atoms with Crippen molar-refractivity contribution in [1.29, 1.82) is 0 Å². The summed E-state index contributed by atoms with van der Waals surface area (Å²) in [6.07, 6.45) is 0.202. The Labute approximate surface area is 153 Å². The Morgan fingerprint density at radius 1 is 1.25 bits per heavy atom. The smallest absolute Gasteiger partial charge is 0.229 e. The normalized spacial score (nSPS) is 17.2. The largest absolute Gasteiger partial charge is 0.324 e. The average molecular weight is 408 g/mol. The molecule has 0 spiro atoms. The molecule has 0 saturated carbocycles. The summed E-state index contributed by atoms with van der Waals surface area (Å²) in [6.45, 7) is 2.37. The van der Waals surface area contributed by atoms with Crippen molar-refractivity contribution in [3.63, 3.8) is 0 Å². The van der Waals surface area contributed by atoms with Gasteiger partial charge < -0.3 is 10.2 Å². The number of hydrogen-bond donors (Lipinski definition) is 1. The zero-order chi connectivity index (χ0) is 17.3. The first-order valence-corrected chi connectivity index (χ1v) is 8.74. The van der Waals surface area contributed by atoms with Gasteiger partial charge in [0.25, 0.3) is 0 Å². The van der Waals surface area contributed by atoms with E-state index in [0.29, 0.717) is 17.3 Å². The van der Waals surface area contributed by atoms with Gasteiger partial charge in [-0.05, 0) is 37.3 Å². The van der Waals surface area contributed by atoms with Gasteiger partial charge >= 0.3 is 0 Å². The fourth-order valence-corrected chi connectivity index (χ4v) is 3.40. The molecule has 1 heterocycles. The number of aryl methyl sites for hydroxylation is 1. The van der Waals surface area contributed by atoms with E-state index in [1.165, 1.54) is 0 Å². The molecule has 2 aromatic carbocycles. The van der Waals surface area contributed by atoms with Gasteiger partial charge in [-0.15, -0.1) is 0 Å². The van der Waals surface area contributed by atoms with E-state index in [4.69, 9.17) is 11.6 Å². The molecule has 0 bridgehead atoms. The number of nitrogens with zero attached hydrogens (tertiary/aromatic N) is 1. The Hall–Kier alpha value is -1.85. The third-order valence-corrected chi connectivity index (χ3v) is 4.84. The number of amides is 2. The molecular formula is C18H16BrClN2O2. The number of carbonyl (C=O) groups is 2. The third-order valence-electron chi connectivity index (χ3n) is 4.03. The predicted molar refractivity (Wildman–Crippen MR) is 99.4 cm³/mol. The molecule has 0 aliphatic carbocycles. The molecule has 0 unspecified atom stereocenters. The van der Waals surface area contributed by atoms with Crippen LogP contribution in [0.5, 0.6) is 0 Å². The third kappa shape index (κ3) is 3.62. The van der Waals surface area contributed by atoms with Crippen molar-refractivity contribution in [2.75, 3.05) is 16.8 Å². The molecule has 1 saturated heterocycles. The van der Waals surface area contributed by atoms with E-state index in [1.54, 1.807) is 23.1 Å². The maximum absolute atomic E-state index is 12.5. The van der Waals surface area contributed by atoms with Crippen molar-refractivity contribution in [2.24, 2.45) is 5.92 Å². The summed E-state index contributed by atoms with van der Waals surface area (Å²) in [5.41, 5.74) is 2.50. The molecular weight excluding hydrogens is 392 g/mol.